The van der Waals surface area contributed by atoms with Gasteiger partial charge in [-0.3, -0.25) is 0 Å². The third-order valence-corrected chi connectivity index (χ3v) is 2.36. The Balaban J connectivity index is 2.73. The fourth-order valence-electron chi connectivity index (χ4n) is 1.14. The van der Waals surface area contributed by atoms with Crippen LogP contribution in [-0.4, -0.2) is 21.5 Å². The first-order valence-corrected chi connectivity index (χ1v) is 4.32. The Morgan fingerprint density at radius 2 is 2.17 bits per heavy atom. The molecule has 0 bridgehead atoms. The summed E-state index contributed by atoms with van der Waals surface area (Å²) in [5.74, 6) is 0. The second kappa shape index (κ2) is 2.86. The molecule has 0 fully saturated rings. The zero-order valence-corrected chi connectivity index (χ0v) is 6.95. The highest BCUT2D eigenvalue weighted by molar-refractivity contribution is 7.05. The summed E-state index contributed by atoms with van der Waals surface area (Å²) in [5.41, 5.74) is 1.33. The van der Waals surface area contributed by atoms with E-state index in [0.717, 1.165) is 10.9 Å². The highest BCUT2D eigenvalue weighted by Gasteiger charge is 2.14. The summed E-state index contributed by atoms with van der Waals surface area (Å²) in [4.78, 5) is 0. The van der Waals surface area contributed by atoms with Gasteiger partial charge in [-0.2, -0.15) is 4.37 Å². The number of benzene rings is 1. The van der Waals surface area contributed by atoms with Crippen LogP contribution in [0.3, 0.4) is 0 Å². The molecule has 0 radical (unpaired) electrons. The minimum absolute atomic E-state index is 0.515. The Morgan fingerprint density at radius 1 is 1.33 bits per heavy atom. The molecule has 2 aromatic rings. The van der Waals surface area contributed by atoms with E-state index in [1.807, 2.05) is 11.4 Å². The molecule has 0 aliphatic carbocycles. The maximum absolute atomic E-state index is 8.97. The molecule has 5 heteroatoms. The Morgan fingerprint density at radius 3 is 2.92 bits per heavy atom. The third kappa shape index (κ3) is 1.12. The molecule has 0 aliphatic heterocycles. The largest absolute Gasteiger partial charge is 0.489 e. The molecule has 2 N–H and O–H groups in total. The van der Waals surface area contributed by atoms with Gasteiger partial charge in [-0.1, -0.05) is 12.1 Å². The lowest BCUT2D eigenvalue weighted by Crippen LogP contribution is -2.29. The van der Waals surface area contributed by atoms with Crippen LogP contribution in [0.2, 0.25) is 0 Å². The smallest absolute Gasteiger partial charge is 0.423 e. The van der Waals surface area contributed by atoms with E-state index >= 15 is 0 Å². The fourth-order valence-corrected chi connectivity index (χ4v) is 1.83. The van der Waals surface area contributed by atoms with Gasteiger partial charge in [0.25, 0.3) is 0 Å². The predicted molar refractivity (Wildman–Crippen MR) is 49.4 cm³/mol. The van der Waals surface area contributed by atoms with Gasteiger partial charge in [0.2, 0.25) is 0 Å². The molecule has 3 nitrogen and oxygen atoms in total. The molecule has 1 heterocycles. The van der Waals surface area contributed by atoms with Gasteiger partial charge in [0.1, 0.15) is 0 Å². The normalized spacial score (nSPS) is 10.5. The van der Waals surface area contributed by atoms with E-state index in [-0.39, 0.29) is 0 Å². The molecule has 1 aromatic carbocycles. The quantitative estimate of drug-likeness (QED) is 0.604. The first-order chi connectivity index (χ1) is 5.79. The molecule has 0 aliphatic rings. The second-order valence-electron chi connectivity index (χ2n) is 2.47. The monoisotopic (exact) mass is 179 g/mol. The molecule has 12 heavy (non-hydrogen) atoms. The zero-order valence-electron chi connectivity index (χ0n) is 6.14. The van der Waals surface area contributed by atoms with Gasteiger partial charge in [-0.15, -0.1) is 0 Å². The van der Waals surface area contributed by atoms with E-state index in [2.05, 4.69) is 4.37 Å². The zero-order chi connectivity index (χ0) is 8.55. The van der Waals surface area contributed by atoms with Crippen LogP contribution in [0.5, 0.6) is 0 Å². The van der Waals surface area contributed by atoms with Crippen molar-refractivity contribution < 1.29 is 10.0 Å². The lowest BCUT2D eigenvalue weighted by atomic mass is 9.78. The highest BCUT2D eigenvalue weighted by Crippen LogP contribution is 2.12. The van der Waals surface area contributed by atoms with Crippen LogP contribution in [0.4, 0.5) is 0 Å². The van der Waals surface area contributed by atoms with Gasteiger partial charge in [0.15, 0.2) is 0 Å². The van der Waals surface area contributed by atoms with Gasteiger partial charge in [0.05, 0.1) is 5.52 Å². The van der Waals surface area contributed by atoms with Gasteiger partial charge in [-0.05, 0) is 23.1 Å². The van der Waals surface area contributed by atoms with Crippen molar-refractivity contribution in [3.05, 3.63) is 23.6 Å². The summed E-state index contributed by atoms with van der Waals surface area (Å²) in [6, 6.07) is 5.29. The lowest BCUT2D eigenvalue weighted by molar-refractivity contribution is 0.426. The van der Waals surface area contributed by atoms with Crippen LogP contribution >= 0.6 is 11.5 Å². The summed E-state index contributed by atoms with van der Waals surface area (Å²) in [7, 11) is -1.41. The lowest BCUT2D eigenvalue weighted by Gasteiger charge is -1.98. The Kier molecular flexibility index (Phi) is 1.84. The number of aromatic nitrogens is 1. The van der Waals surface area contributed by atoms with Gasteiger partial charge >= 0.3 is 7.12 Å². The van der Waals surface area contributed by atoms with Crippen molar-refractivity contribution in [3.63, 3.8) is 0 Å². The van der Waals surface area contributed by atoms with Crippen LogP contribution in [0.15, 0.2) is 23.6 Å². The molecular formula is C7H6BNO2S. The molecular weight excluding hydrogens is 173 g/mol. The van der Waals surface area contributed by atoms with Crippen LogP contribution in [-0.2, 0) is 0 Å². The molecule has 60 valence electrons. The highest BCUT2D eigenvalue weighted by atomic mass is 32.1. The molecule has 0 saturated heterocycles. The third-order valence-electron chi connectivity index (χ3n) is 1.72. The Bertz CT molecular complexity index is 401. The van der Waals surface area contributed by atoms with E-state index < -0.39 is 7.12 Å². The van der Waals surface area contributed by atoms with E-state index in [9.17, 15) is 0 Å². The molecule has 0 unspecified atom stereocenters. The summed E-state index contributed by atoms with van der Waals surface area (Å²) < 4.78 is 4.08. The standard InChI is InChI=1S/C7H6BNO2S/c10-8(11)6-2-1-3-7-5(6)4-12-9-7/h1-4,10-11H. The molecule has 0 atom stereocenters. The van der Waals surface area contributed by atoms with Crippen molar-refractivity contribution in [2.75, 3.05) is 0 Å². The number of hydrogen-bond donors (Lipinski definition) is 2. The first kappa shape index (κ1) is 7.73. The SMILES string of the molecule is OB(O)c1cccc2nscc12. The van der Waals surface area contributed by atoms with Crippen molar-refractivity contribution in [2.24, 2.45) is 0 Å². The number of fused-ring (bicyclic) bond motifs is 1. The summed E-state index contributed by atoms with van der Waals surface area (Å²) >= 11 is 1.31. The van der Waals surface area contributed by atoms with Crippen molar-refractivity contribution in [3.8, 4) is 0 Å². The van der Waals surface area contributed by atoms with Gasteiger partial charge in [-0.25, -0.2) is 0 Å². The van der Waals surface area contributed by atoms with E-state index in [0.29, 0.717) is 5.46 Å². The number of nitrogens with zero attached hydrogens (tertiary/aromatic N) is 1. The minimum atomic E-state index is -1.41. The number of rotatable bonds is 1. The van der Waals surface area contributed by atoms with Crippen LogP contribution < -0.4 is 5.46 Å². The van der Waals surface area contributed by atoms with Gasteiger partial charge in [0, 0.05) is 10.8 Å². The maximum atomic E-state index is 8.97. The van der Waals surface area contributed by atoms with Crippen LogP contribution in [0.1, 0.15) is 0 Å². The van der Waals surface area contributed by atoms with Crippen molar-refractivity contribution in [1.29, 1.82) is 0 Å². The molecule has 0 amide bonds. The maximum Gasteiger partial charge on any atom is 0.489 e. The van der Waals surface area contributed by atoms with Crippen LogP contribution in [0.25, 0.3) is 10.9 Å². The second-order valence-corrected chi connectivity index (χ2v) is 3.10. The molecule has 0 saturated carbocycles. The van der Waals surface area contributed by atoms with Crippen LogP contribution in [0, 0.1) is 0 Å². The Labute approximate surface area is 73.6 Å². The Hall–Kier alpha value is -0.905. The van der Waals surface area contributed by atoms with E-state index in [1.165, 1.54) is 11.5 Å². The topological polar surface area (TPSA) is 53.4 Å². The van der Waals surface area contributed by atoms with E-state index in [4.69, 9.17) is 10.0 Å². The summed E-state index contributed by atoms with van der Waals surface area (Å²) in [6.07, 6.45) is 0. The summed E-state index contributed by atoms with van der Waals surface area (Å²) in [6.45, 7) is 0. The predicted octanol–water partition coefficient (Wildman–Crippen LogP) is -0.0239. The van der Waals surface area contributed by atoms with Crippen molar-refractivity contribution in [1.82, 2.24) is 4.37 Å². The first-order valence-electron chi connectivity index (χ1n) is 3.48. The fraction of sp³-hybridized carbons (Fsp3) is 0. The molecule has 2 rings (SSSR count). The van der Waals surface area contributed by atoms with Crippen molar-refractivity contribution in [2.45, 2.75) is 0 Å². The van der Waals surface area contributed by atoms with E-state index in [1.54, 1.807) is 12.1 Å². The molecule has 0 spiro atoms. The minimum Gasteiger partial charge on any atom is -0.423 e. The molecule has 1 aromatic heterocycles. The summed E-state index contributed by atoms with van der Waals surface area (Å²) in [5, 5.41) is 20.6. The number of hydrogen-bond acceptors (Lipinski definition) is 4. The average Bonchev–Trinajstić information content (AvgIpc) is 2.49. The van der Waals surface area contributed by atoms with Gasteiger partial charge < -0.3 is 10.0 Å². The average molecular weight is 179 g/mol. The van der Waals surface area contributed by atoms with Crippen molar-refractivity contribution >= 4 is 35.0 Å².